The maximum Gasteiger partial charge on any atom is 0.305 e. The smallest absolute Gasteiger partial charge is 0.305 e. The lowest BCUT2D eigenvalue weighted by atomic mass is 9.41. The lowest BCUT2D eigenvalue weighted by Gasteiger charge is -2.65. The normalized spacial score (nSPS) is 46.8. The van der Waals surface area contributed by atoms with Crippen molar-refractivity contribution >= 4 is 11.9 Å². The van der Waals surface area contributed by atoms with Crippen molar-refractivity contribution in [2.75, 3.05) is 6.54 Å². The van der Waals surface area contributed by atoms with Crippen LogP contribution in [0.4, 0.5) is 0 Å². The topological polar surface area (TPSA) is 127 Å². The predicted molar refractivity (Wildman–Crippen MR) is 137 cm³/mol. The van der Waals surface area contributed by atoms with Crippen LogP contribution in [0.5, 0.6) is 0 Å². The number of aliphatic hydroxyl groups excluding tert-OH is 3. The SMILES string of the molecule is CC[C@H]1[C@@H](O)[C@@H]2[C@H](C[C@H](O)[C@]3(C)[C@@H]([C@H](C)CCC(=O)NCCC(=O)O)CC[C@@H]23)[C@@]2(C)CC[C@@H](O)C[C@@H]12. The number of hydrogen-bond acceptors (Lipinski definition) is 5. The molecule has 4 rings (SSSR count). The molecule has 4 fully saturated rings. The molecule has 4 aliphatic rings. The van der Waals surface area contributed by atoms with Gasteiger partial charge in [0.05, 0.1) is 24.7 Å². The van der Waals surface area contributed by atoms with Gasteiger partial charge in [-0.25, -0.2) is 0 Å². The average molecular weight is 508 g/mol. The van der Waals surface area contributed by atoms with Crippen LogP contribution in [0.25, 0.3) is 0 Å². The number of carboxylic acids is 1. The van der Waals surface area contributed by atoms with Crippen molar-refractivity contribution in [3.8, 4) is 0 Å². The van der Waals surface area contributed by atoms with Crippen LogP contribution in [0, 0.1) is 52.3 Å². The molecular formula is C29H49NO6. The molecule has 7 nitrogen and oxygen atoms in total. The summed E-state index contributed by atoms with van der Waals surface area (Å²) < 4.78 is 0. The van der Waals surface area contributed by atoms with E-state index in [0.29, 0.717) is 25.2 Å². The third-order valence-corrected chi connectivity index (χ3v) is 11.7. The van der Waals surface area contributed by atoms with Crippen LogP contribution in [0.3, 0.4) is 0 Å². The van der Waals surface area contributed by atoms with Crippen LogP contribution in [-0.2, 0) is 9.59 Å². The van der Waals surface area contributed by atoms with Gasteiger partial charge in [0, 0.05) is 13.0 Å². The molecule has 0 spiro atoms. The number of carbonyl (C=O) groups is 2. The summed E-state index contributed by atoms with van der Waals surface area (Å²) in [5.74, 6) is 0.718. The maximum atomic E-state index is 12.3. The number of carbonyl (C=O) groups excluding carboxylic acids is 1. The predicted octanol–water partition coefficient (Wildman–Crippen LogP) is 3.59. The Kier molecular flexibility index (Phi) is 8.14. The molecule has 7 heteroatoms. The van der Waals surface area contributed by atoms with Crippen LogP contribution in [0.15, 0.2) is 0 Å². The van der Waals surface area contributed by atoms with Crippen molar-refractivity contribution < 1.29 is 30.0 Å². The first kappa shape index (κ1) is 27.8. The molecule has 12 atom stereocenters. The monoisotopic (exact) mass is 507 g/mol. The van der Waals surface area contributed by atoms with Gasteiger partial charge in [-0.05, 0) is 97.2 Å². The molecule has 4 aliphatic carbocycles. The minimum absolute atomic E-state index is 0.0455. The van der Waals surface area contributed by atoms with Crippen molar-refractivity contribution in [3.63, 3.8) is 0 Å². The van der Waals surface area contributed by atoms with Gasteiger partial charge in [-0.3, -0.25) is 9.59 Å². The minimum atomic E-state index is -0.919. The van der Waals surface area contributed by atoms with Crippen LogP contribution in [0.2, 0.25) is 0 Å². The van der Waals surface area contributed by atoms with E-state index in [0.717, 1.165) is 38.5 Å². The highest BCUT2D eigenvalue weighted by atomic mass is 16.4. The first-order valence-electron chi connectivity index (χ1n) is 14.5. The Morgan fingerprint density at radius 1 is 1.00 bits per heavy atom. The standard InChI is InChI=1S/C29H49NO6/c1-5-18-21-14-17(31)10-12-28(21,3)22-15-23(32)29(4)19(7-8-20(29)26(22)27(18)36)16(2)6-9-24(33)30-13-11-25(34)35/h16-23,26-27,31-32,36H,5-15H2,1-4H3,(H,30,33)(H,34,35)/t16-,17-,18-,19-,20+,21+,22+,23+,26+,27-,28+,29-/m1/s1. The molecule has 0 aromatic rings. The fraction of sp³-hybridized carbons (Fsp3) is 0.931. The Morgan fingerprint density at radius 2 is 1.72 bits per heavy atom. The van der Waals surface area contributed by atoms with Crippen molar-refractivity contribution in [1.29, 1.82) is 0 Å². The van der Waals surface area contributed by atoms with Gasteiger partial charge in [0.2, 0.25) is 5.91 Å². The number of nitrogens with one attached hydrogen (secondary N) is 1. The zero-order valence-electron chi connectivity index (χ0n) is 22.7. The molecule has 0 aromatic heterocycles. The summed E-state index contributed by atoms with van der Waals surface area (Å²) in [7, 11) is 0. The van der Waals surface area contributed by atoms with Crippen LogP contribution >= 0.6 is 0 Å². The van der Waals surface area contributed by atoms with Crippen molar-refractivity contribution in [3.05, 3.63) is 0 Å². The molecule has 0 heterocycles. The minimum Gasteiger partial charge on any atom is -0.481 e. The number of carboxylic acid groups (broad SMARTS) is 1. The van der Waals surface area contributed by atoms with Crippen LogP contribution in [0.1, 0.15) is 91.9 Å². The molecule has 1 amide bonds. The van der Waals surface area contributed by atoms with Gasteiger partial charge < -0.3 is 25.7 Å². The molecule has 5 N–H and O–H groups in total. The highest BCUT2D eigenvalue weighted by Crippen LogP contribution is 2.69. The van der Waals surface area contributed by atoms with Gasteiger partial charge >= 0.3 is 5.97 Å². The van der Waals surface area contributed by atoms with E-state index >= 15 is 0 Å². The van der Waals surface area contributed by atoms with Gasteiger partial charge in [-0.15, -0.1) is 0 Å². The van der Waals surface area contributed by atoms with E-state index in [9.17, 15) is 24.9 Å². The van der Waals surface area contributed by atoms with Crippen molar-refractivity contribution in [2.24, 2.45) is 52.3 Å². The number of amides is 1. The summed E-state index contributed by atoms with van der Waals surface area (Å²) in [6.45, 7) is 9.14. The lowest BCUT2D eigenvalue weighted by molar-refractivity contribution is -0.228. The van der Waals surface area contributed by atoms with Gasteiger partial charge in [0.15, 0.2) is 0 Å². The largest absolute Gasteiger partial charge is 0.481 e. The van der Waals surface area contributed by atoms with E-state index in [1.807, 2.05) is 0 Å². The average Bonchev–Trinajstić information content (AvgIpc) is 3.18. The summed E-state index contributed by atoms with van der Waals surface area (Å²) >= 11 is 0. The molecule has 0 radical (unpaired) electrons. The van der Waals surface area contributed by atoms with Gasteiger partial charge in [0.25, 0.3) is 0 Å². The van der Waals surface area contributed by atoms with E-state index < -0.39 is 18.2 Å². The fourth-order valence-electron chi connectivity index (χ4n) is 9.85. The second-order valence-corrected chi connectivity index (χ2v) is 13.2. The lowest BCUT2D eigenvalue weighted by Crippen LogP contribution is -2.65. The van der Waals surface area contributed by atoms with Crippen LogP contribution in [-0.4, -0.2) is 57.2 Å². The zero-order valence-corrected chi connectivity index (χ0v) is 22.7. The van der Waals surface area contributed by atoms with E-state index in [4.69, 9.17) is 5.11 Å². The molecule has 0 saturated heterocycles. The third kappa shape index (κ3) is 4.62. The molecule has 36 heavy (non-hydrogen) atoms. The second-order valence-electron chi connectivity index (χ2n) is 13.2. The van der Waals surface area contributed by atoms with E-state index in [1.165, 1.54) is 0 Å². The maximum absolute atomic E-state index is 12.3. The molecule has 4 saturated carbocycles. The molecular weight excluding hydrogens is 458 g/mol. The summed E-state index contributed by atoms with van der Waals surface area (Å²) in [6, 6.07) is 0. The molecule has 0 aliphatic heterocycles. The van der Waals surface area contributed by atoms with E-state index in [2.05, 4.69) is 33.0 Å². The Bertz CT molecular complexity index is 820. The van der Waals surface area contributed by atoms with E-state index in [1.54, 1.807) is 0 Å². The zero-order chi connectivity index (χ0) is 26.4. The first-order chi connectivity index (χ1) is 16.9. The number of aliphatic carboxylic acids is 1. The Balaban J connectivity index is 1.50. The highest BCUT2D eigenvalue weighted by Gasteiger charge is 2.67. The highest BCUT2D eigenvalue weighted by molar-refractivity contribution is 5.76. The number of aliphatic hydroxyl groups is 3. The van der Waals surface area contributed by atoms with Crippen molar-refractivity contribution in [1.82, 2.24) is 5.32 Å². The summed E-state index contributed by atoms with van der Waals surface area (Å²) in [5, 5.41) is 45.5. The van der Waals surface area contributed by atoms with Gasteiger partial charge in [-0.1, -0.05) is 34.1 Å². The summed E-state index contributed by atoms with van der Waals surface area (Å²) in [4.78, 5) is 23.0. The van der Waals surface area contributed by atoms with Crippen molar-refractivity contribution in [2.45, 2.75) is 110 Å². The molecule has 0 aromatic carbocycles. The van der Waals surface area contributed by atoms with Gasteiger partial charge in [-0.2, -0.15) is 0 Å². The Hall–Kier alpha value is -1.18. The van der Waals surface area contributed by atoms with E-state index in [-0.39, 0.29) is 71.3 Å². The number of rotatable bonds is 8. The summed E-state index contributed by atoms with van der Waals surface area (Å²) in [6.07, 6.45) is 6.09. The second kappa shape index (κ2) is 10.5. The van der Waals surface area contributed by atoms with Gasteiger partial charge in [0.1, 0.15) is 0 Å². The number of hydrogen-bond donors (Lipinski definition) is 5. The molecule has 206 valence electrons. The molecule has 0 unspecified atom stereocenters. The quantitative estimate of drug-likeness (QED) is 0.342. The Morgan fingerprint density at radius 3 is 2.39 bits per heavy atom. The molecule has 0 bridgehead atoms. The number of fused-ring (bicyclic) bond motifs is 5. The third-order valence-electron chi connectivity index (χ3n) is 11.7. The fourth-order valence-corrected chi connectivity index (χ4v) is 9.85. The Labute approximate surface area is 216 Å². The van der Waals surface area contributed by atoms with Crippen LogP contribution < -0.4 is 5.32 Å². The first-order valence-corrected chi connectivity index (χ1v) is 14.5. The summed E-state index contributed by atoms with van der Waals surface area (Å²) in [5.41, 5.74) is -0.235.